The van der Waals surface area contributed by atoms with E-state index in [-0.39, 0.29) is 0 Å². The zero-order valence-corrected chi connectivity index (χ0v) is 12.2. The van der Waals surface area contributed by atoms with Gasteiger partial charge in [0.15, 0.2) is 0 Å². The molecule has 0 radical (unpaired) electrons. The fraction of sp³-hybridized carbons (Fsp3) is 1.00. The van der Waals surface area contributed by atoms with Crippen LogP contribution in [0.15, 0.2) is 0 Å². The van der Waals surface area contributed by atoms with Gasteiger partial charge in [-0.1, -0.05) is 26.2 Å². The molecule has 0 saturated carbocycles. The van der Waals surface area contributed by atoms with Crippen molar-refractivity contribution in [2.24, 2.45) is 0 Å². The van der Waals surface area contributed by atoms with E-state index in [0.29, 0.717) is 6.04 Å². The zero-order chi connectivity index (χ0) is 12.5. The average molecular weight is 240 g/mol. The molecule has 0 aromatic carbocycles. The molecule has 2 heteroatoms. The lowest BCUT2D eigenvalue weighted by atomic mass is 10.0. The van der Waals surface area contributed by atoms with Crippen molar-refractivity contribution < 1.29 is 0 Å². The SMILES string of the molecule is CCCNC(C)CC(C)N1CCCCCCC1. The Labute approximate surface area is 108 Å². The van der Waals surface area contributed by atoms with Crippen LogP contribution in [0.25, 0.3) is 0 Å². The van der Waals surface area contributed by atoms with Gasteiger partial charge in [-0.25, -0.2) is 0 Å². The molecule has 0 bridgehead atoms. The van der Waals surface area contributed by atoms with Crippen LogP contribution in [0.5, 0.6) is 0 Å². The quantitative estimate of drug-likeness (QED) is 0.765. The van der Waals surface area contributed by atoms with E-state index >= 15 is 0 Å². The molecule has 0 aromatic rings. The summed E-state index contributed by atoms with van der Waals surface area (Å²) in [4.78, 5) is 2.71. The van der Waals surface area contributed by atoms with Gasteiger partial charge in [-0.05, 0) is 59.2 Å². The minimum Gasteiger partial charge on any atom is -0.314 e. The number of nitrogens with one attached hydrogen (secondary N) is 1. The molecule has 2 unspecified atom stereocenters. The van der Waals surface area contributed by atoms with Gasteiger partial charge in [-0.2, -0.15) is 0 Å². The molecule has 1 fully saturated rings. The molecule has 0 aliphatic carbocycles. The van der Waals surface area contributed by atoms with Crippen molar-refractivity contribution in [3.05, 3.63) is 0 Å². The molecule has 2 nitrogen and oxygen atoms in total. The van der Waals surface area contributed by atoms with Gasteiger partial charge in [0.1, 0.15) is 0 Å². The second-order valence-corrected chi connectivity index (χ2v) is 5.74. The first-order valence-electron chi connectivity index (χ1n) is 7.71. The van der Waals surface area contributed by atoms with Crippen molar-refractivity contribution in [1.29, 1.82) is 0 Å². The fourth-order valence-corrected chi connectivity index (χ4v) is 2.85. The molecular formula is C15H32N2. The topological polar surface area (TPSA) is 15.3 Å². The Balaban J connectivity index is 2.25. The van der Waals surface area contributed by atoms with E-state index in [0.717, 1.165) is 12.6 Å². The lowest BCUT2D eigenvalue weighted by Gasteiger charge is -2.32. The normalized spacial score (nSPS) is 22.8. The lowest BCUT2D eigenvalue weighted by molar-refractivity contribution is 0.173. The van der Waals surface area contributed by atoms with Gasteiger partial charge < -0.3 is 10.2 Å². The molecule has 0 aromatic heterocycles. The number of hydrogen-bond donors (Lipinski definition) is 1. The molecule has 1 heterocycles. The van der Waals surface area contributed by atoms with Crippen molar-refractivity contribution in [1.82, 2.24) is 10.2 Å². The van der Waals surface area contributed by atoms with Crippen LogP contribution in [0, 0.1) is 0 Å². The maximum absolute atomic E-state index is 3.60. The summed E-state index contributed by atoms with van der Waals surface area (Å²) in [6.45, 7) is 10.8. The van der Waals surface area contributed by atoms with Crippen LogP contribution >= 0.6 is 0 Å². The number of rotatable bonds is 6. The molecule has 0 spiro atoms. The van der Waals surface area contributed by atoms with Gasteiger partial charge >= 0.3 is 0 Å². The molecular weight excluding hydrogens is 208 g/mol. The summed E-state index contributed by atoms with van der Waals surface area (Å²) in [7, 11) is 0. The number of hydrogen-bond acceptors (Lipinski definition) is 2. The largest absolute Gasteiger partial charge is 0.314 e. The molecule has 1 aliphatic rings. The summed E-state index contributed by atoms with van der Waals surface area (Å²) in [5, 5.41) is 3.60. The number of nitrogens with zero attached hydrogens (tertiary/aromatic N) is 1. The van der Waals surface area contributed by atoms with Crippen molar-refractivity contribution in [3.8, 4) is 0 Å². The molecule has 2 atom stereocenters. The van der Waals surface area contributed by atoms with Gasteiger partial charge in [-0.3, -0.25) is 0 Å². The van der Waals surface area contributed by atoms with Crippen LogP contribution in [-0.2, 0) is 0 Å². The Hall–Kier alpha value is -0.0800. The molecule has 17 heavy (non-hydrogen) atoms. The minimum absolute atomic E-state index is 0.662. The molecule has 1 N–H and O–H groups in total. The second kappa shape index (κ2) is 8.93. The Kier molecular flexibility index (Phi) is 7.87. The first-order valence-corrected chi connectivity index (χ1v) is 7.71. The van der Waals surface area contributed by atoms with Crippen LogP contribution in [0.4, 0.5) is 0 Å². The maximum atomic E-state index is 3.60. The predicted molar refractivity (Wildman–Crippen MR) is 76.5 cm³/mol. The summed E-state index contributed by atoms with van der Waals surface area (Å²) in [6.07, 6.45) is 9.67. The van der Waals surface area contributed by atoms with Gasteiger partial charge in [0.25, 0.3) is 0 Å². The molecule has 1 aliphatic heterocycles. The minimum atomic E-state index is 0.662. The first kappa shape index (κ1) is 15.0. The Bertz CT molecular complexity index is 174. The van der Waals surface area contributed by atoms with Crippen molar-refractivity contribution in [2.75, 3.05) is 19.6 Å². The standard InChI is InChI=1S/C15H32N2/c1-4-10-16-14(2)13-15(3)17-11-8-6-5-7-9-12-17/h14-16H,4-13H2,1-3H3. The van der Waals surface area contributed by atoms with Crippen LogP contribution < -0.4 is 5.32 Å². The van der Waals surface area contributed by atoms with Gasteiger partial charge in [0.2, 0.25) is 0 Å². The highest BCUT2D eigenvalue weighted by molar-refractivity contribution is 4.74. The van der Waals surface area contributed by atoms with E-state index in [1.165, 1.54) is 58.0 Å². The molecule has 1 saturated heterocycles. The van der Waals surface area contributed by atoms with E-state index < -0.39 is 0 Å². The molecule has 0 amide bonds. The third-order valence-corrected chi connectivity index (χ3v) is 3.95. The highest BCUT2D eigenvalue weighted by atomic mass is 15.1. The van der Waals surface area contributed by atoms with Crippen LogP contribution in [-0.4, -0.2) is 36.6 Å². The molecule has 102 valence electrons. The predicted octanol–water partition coefficient (Wildman–Crippen LogP) is 3.42. The highest BCUT2D eigenvalue weighted by Gasteiger charge is 2.16. The summed E-state index contributed by atoms with van der Waals surface area (Å²) in [5.41, 5.74) is 0. The third kappa shape index (κ3) is 6.42. The second-order valence-electron chi connectivity index (χ2n) is 5.74. The zero-order valence-electron chi connectivity index (χ0n) is 12.2. The van der Waals surface area contributed by atoms with E-state index in [1.54, 1.807) is 0 Å². The Morgan fingerprint density at radius 2 is 1.59 bits per heavy atom. The summed E-state index contributed by atoms with van der Waals surface area (Å²) in [5.74, 6) is 0. The fourth-order valence-electron chi connectivity index (χ4n) is 2.85. The maximum Gasteiger partial charge on any atom is 0.00816 e. The van der Waals surface area contributed by atoms with Crippen molar-refractivity contribution in [2.45, 2.75) is 77.8 Å². The van der Waals surface area contributed by atoms with Crippen LogP contribution in [0.3, 0.4) is 0 Å². The van der Waals surface area contributed by atoms with Gasteiger partial charge in [0.05, 0.1) is 0 Å². The smallest absolute Gasteiger partial charge is 0.00816 e. The van der Waals surface area contributed by atoms with Crippen molar-refractivity contribution in [3.63, 3.8) is 0 Å². The first-order chi connectivity index (χ1) is 8.24. The van der Waals surface area contributed by atoms with E-state index in [4.69, 9.17) is 0 Å². The van der Waals surface area contributed by atoms with E-state index in [1.807, 2.05) is 0 Å². The summed E-state index contributed by atoms with van der Waals surface area (Å²) in [6, 6.07) is 1.41. The average Bonchev–Trinajstić information content (AvgIpc) is 2.25. The van der Waals surface area contributed by atoms with E-state index in [9.17, 15) is 0 Å². The molecule has 1 rings (SSSR count). The summed E-state index contributed by atoms with van der Waals surface area (Å²) < 4.78 is 0. The van der Waals surface area contributed by atoms with Crippen molar-refractivity contribution >= 4 is 0 Å². The van der Waals surface area contributed by atoms with E-state index in [2.05, 4.69) is 31.0 Å². The van der Waals surface area contributed by atoms with Gasteiger partial charge in [0, 0.05) is 12.1 Å². The van der Waals surface area contributed by atoms with Crippen LogP contribution in [0.1, 0.15) is 65.7 Å². The third-order valence-electron chi connectivity index (χ3n) is 3.95. The van der Waals surface area contributed by atoms with Gasteiger partial charge in [-0.15, -0.1) is 0 Å². The van der Waals surface area contributed by atoms with Crippen LogP contribution in [0.2, 0.25) is 0 Å². The Morgan fingerprint density at radius 3 is 2.18 bits per heavy atom. The Morgan fingerprint density at radius 1 is 1.00 bits per heavy atom. The number of likely N-dealkylation sites (tertiary alicyclic amines) is 1. The summed E-state index contributed by atoms with van der Waals surface area (Å²) >= 11 is 0. The monoisotopic (exact) mass is 240 g/mol. The lowest BCUT2D eigenvalue weighted by Crippen LogP contribution is -2.40. The highest BCUT2D eigenvalue weighted by Crippen LogP contribution is 2.15.